The van der Waals surface area contributed by atoms with Crippen molar-refractivity contribution in [2.24, 2.45) is 0 Å². The molecule has 0 atom stereocenters. The van der Waals surface area contributed by atoms with Crippen LogP contribution in [0.25, 0.3) is 16.6 Å². The lowest BCUT2D eigenvalue weighted by Crippen LogP contribution is -2.03. The van der Waals surface area contributed by atoms with Gasteiger partial charge in [-0.25, -0.2) is 4.39 Å². The molecule has 1 N–H and O–H groups in total. The van der Waals surface area contributed by atoms with Crippen LogP contribution in [0.2, 0.25) is 0 Å². The van der Waals surface area contributed by atoms with Gasteiger partial charge in [-0.3, -0.25) is 14.6 Å². The SMILES string of the molecule is O=c1[nH]n(-c2ccc(F)cc2)c2ccc(Br)cc12. The largest absolute Gasteiger partial charge is 0.272 e. The Bertz CT molecular complexity index is 774. The first-order chi connectivity index (χ1) is 8.65. The molecule has 2 aromatic carbocycles. The summed E-state index contributed by atoms with van der Waals surface area (Å²) in [5.74, 6) is -0.305. The normalized spacial score (nSPS) is 11.0. The summed E-state index contributed by atoms with van der Waals surface area (Å²) in [6.07, 6.45) is 0. The molecule has 1 heterocycles. The fourth-order valence-corrected chi connectivity index (χ4v) is 2.26. The molecule has 0 unspecified atom stereocenters. The number of aromatic amines is 1. The van der Waals surface area contributed by atoms with Crippen molar-refractivity contribution in [1.82, 2.24) is 9.78 Å². The predicted octanol–water partition coefficient (Wildman–Crippen LogP) is 3.22. The molecule has 18 heavy (non-hydrogen) atoms. The number of H-pyrrole nitrogens is 1. The van der Waals surface area contributed by atoms with Crippen molar-refractivity contribution < 1.29 is 4.39 Å². The molecule has 0 radical (unpaired) electrons. The van der Waals surface area contributed by atoms with Gasteiger partial charge in [0.25, 0.3) is 5.56 Å². The molecule has 90 valence electrons. The van der Waals surface area contributed by atoms with Crippen molar-refractivity contribution >= 4 is 26.8 Å². The molecule has 3 rings (SSSR count). The number of hydrogen-bond donors (Lipinski definition) is 1. The number of nitrogens with zero attached hydrogens (tertiary/aromatic N) is 1. The number of hydrogen-bond acceptors (Lipinski definition) is 1. The smallest absolute Gasteiger partial charge is 0.267 e. The summed E-state index contributed by atoms with van der Waals surface area (Å²) in [6.45, 7) is 0. The Kier molecular flexibility index (Phi) is 2.56. The van der Waals surface area contributed by atoms with Crippen molar-refractivity contribution in [3.8, 4) is 5.69 Å². The lowest BCUT2D eigenvalue weighted by molar-refractivity contribution is 0.627. The highest BCUT2D eigenvalue weighted by Crippen LogP contribution is 2.19. The Morgan fingerprint density at radius 1 is 1.11 bits per heavy atom. The van der Waals surface area contributed by atoms with E-state index in [0.717, 1.165) is 9.99 Å². The van der Waals surface area contributed by atoms with Crippen LogP contribution in [0, 0.1) is 5.82 Å². The fraction of sp³-hybridized carbons (Fsp3) is 0. The first-order valence-corrected chi connectivity index (χ1v) is 6.11. The fourth-order valence-electron chi connectivity index (χ4n) is 1.90. The topological polar surface area (TPSA) is 37.8 Å². The quantitative estimate of drug-likeness (QED) is 0.736. The summed E-state index contributed by atoms with van der Waals surface area (Å²) in [4.78, 5) is 11.8. The Hall–Kier alpha value is -1.88. The standard InChI is InChI=1S/C13H8BrFN2O/c14-8-1-6-12-11(7-8)13(18)16-17(12)10-4-2-9(15)3-5-10/h1-7H,(H,16,18). The molecule has 0 fully saturated rings. The van der Waals surface area contributed by atoms with Crippen molar-refractivity contribution in [2.75, 3.05) is 0 Å². The molecule has 0 saturated carbocycles. The minimum Gasteiger partial charge on any atom is -0.267 e. The average Bonchev–Trinajstić information content (AvgIpc) is 2.68. The van der Waals surface area contributed by atoms with Gasteiger partial charge in [-0.05, 0) is 42.5 Å². The number of benzene rings is 2. The van der Waals surface area contributed by atoms with Crippen LogP contribution in [0.3, 0.4) is 0 Å². The maximum atomic E-state index is 12.9. The lowest BCUT2D eigenvalue weighted by Gasteiger charge is -2.04. The number of halogens is 2. The maximum absolute atomic E-state index is 12.9. The second-order valence-electron chi connectivity index (χ2n) is 3.91. The monoisotopic (exact) mass is 306 g/mol. The van der Waals surface area contributed by atoms with Crippen LogP contribution in [-0.4, -0.2) is 9.78 Å². The first kappa shape index (κ1) is 11.2. The molecule has 0 saturated heterocycles. The van der Waals surface area contributed by atoms with Crippen molar-refractivity contribution in [1.29, 1.82) is 0 Å². The van der Waals surface area contributed by atoms with E-state index < -0.39 is 0 Å². The third kappa shape index (κ3) is 1.76. The summed E-state index contributed by atoms with van der Waals surface area (Å²) >= 11 is 3.33. The van der Waals surface area contributed by atoms with Crippen molar-refractivity contribution in [3.63, 3.8) is 0 Å². The number of nitrogens with one attached hydrogen (secondary N) is 1. The highest BCUT2D eigenvalue weighted by Gasteiger charge is 2.08. The summed E-state index contributed by atoms with van der Waals surface area (Å²) in [5.41, 5.74) is 1.30. The van der Waals surface area contributed by atoms with E-state index in [4.69, 9.17) is 0 Å². The molecule has 3 aromatic rings. The van der Waals surface area contributed by atoms with Gasteiger partial charge in [-0.1, -0.05) is 15.9 Å². The van der Waals surface area contributed by atoms with Crippen LogP contribution in [0.15, 0.2) is 51.7 Å². The molecular weight excluding hydrogens is 299 g/mol. The van der Waals surface area contributed by atoms with E-state index in [1.807, 2.05) is 12.1 Å². The number of fused-ring (bicyclic) bond motifs is 1. The molecular formula is C13H8BrFN2O. The summed E-state index contributed by atoms with van der Waals surface area (Å²) < 4.78 is 15.4. The minimum absolute atomic E-state index is 0.171. The van der Waals surface area contributed by atoms with Crippen LogP contribution >= 0.6 is 15.9 Å². The van der Waals surface area contributed by atoms with Gasteiger partial charge in [-0.2, -0.15) is 0 Å². The molecule has 0 aliphatic heterocycles. The highest BCUT2D eigenvalue weighted by atomic mass is 79.9. The summed E-state index contributed by atoms with van der Waals surface area (Å²) in [7, 11) is 0. The zero-order valence-corrected chi connectivity index (χ0v) is 10.7. The zero-order chi connectivity index (χ0) is 12.7. The Morgan fingerprint density at radius 3 is 2.56 bits per heavy atom. The summed E-state index contributed by atoms with van der Waals surface area (Å²) in [6, 6.07) is 11.4. The minimum atomic E-state index is -0.305. The molecule has 0 bridgehead atoms. The second-order valence-corrected chi connectivity index (χ2v) is 4.83. The predicted molar refractivity (Wildman–Crippen MR) is 71.6 cm³/mol. The van der Waals surface area contributed by atoms with Crippen LogP contribution in [-0.2, 0) is 0 Å². The first-order valence-electron chi connectivity index (χ1n) is 5.31. The molecule has 1 aromatic heterocycles. The van der Waals surface area contributed by atoms with Crippen LogP contribution in [0.5, 0.6) is 0 Å². The average molecular weight is 307 g/mol. The van der Waals surface area contributed by atoms with Gasteiger partial charge in [0.15, 0.2) is 0 Å². The molecule has 0 amide bonds. The van der Waals surface area contributed by atoms with Gasteiger partial charge in [0.05, 0.1) is 16.6 Å². The van der Waals surface area contributed by atoms with Crippen molar-refractivity contribution in [2.45, 2.75) is 0 Å². The van der Waals surface area contributed by atoms with Gasteiger partial charge < -0.3 is 0 Å². The van der Waals surface area contributed by atoms with Crippen LogP contribution in [0.4, 0.5) is 4.39 Å². The van der Waals surface area contributed by atoms with E-state index in [2.05, 4.69) is 21.0 Å². The zero-order valence-electron chi connectivity index (χ0n) is 9.15. The Balaban J connectivity index is 2.30. The molecule has 5 heteroatoms. The van der Waals surface area contributed by atoms with Crippen molar-refractivity contribution in [3.05, 3.63) is 63.1 Å². The molecule has 0 spiro atoms. The van der Waals surface area contributed by atoms with Gasteiger partial charge in [0.1, 0.15) is 5.82 Å². The molecule has 0 aliphatic rings. The van der Waals surface area contributed by atoms with Gasteiger partial charge in [0.2, 0.25) is 0 Å². The van der Waals surface area contributed by atoms with E-state index in [-0.39, 0.29) is 11.4 Å². The van der Waals surface area contributed by atoms with Gasteiger partial charge in [-0.15, -0.1) is 0 Å². The molecule has 0 aliphatic carbocycles. The van der Waals surface area contributed by atoms with Gasteiger partial charge >= 0.3 is 0 Å². The van der Waals surface area contributed by atoms with E-state index in [0.29, 0.717) is 11.1 Å². The van der Waals surface area contributed by atoms with Gasteiger partial charge in [0, 0.05) is 4.47 Å². The van der Waals surface area contributed by atoms with E-state index in [9.17, 15) is 9.18 Å². The number of aromatic nitrogens is 2. The third-order valence-corrected chi connectivity index (χ3v) is 3.24. The Labute approximate surface area is 110 Å². The second kappa shape index (κ2) is 4.10. The van der Waals surface area contributed by atoms with Crippen LogP contribution < -0.4 is 5.56 Å². The summed E-state index contributed by atoms with van der Waals surface area (Å²) in [5, 5.41) is 3.32. The third-order valence-electron chi connectivity index (χ3n) is 2.74. The van der Waals surface area contributed by atoms with E-state index in [1.54, 1.807) is 22.9 Å². The molecule has 3 nitrogen and oxygen atoms in total. The van der Waals surface area contributed by atoms with E-state index in [1.165, 1.54) is 12.1 Å². The lowest BCUT2D eigenvalue weighted by atomic mass is 10.2. The number of rotatable bonds is 1. The maximum Gasteiger partial charge on any atom is 0.272 e. The highest BCUT2D eigenvalue weighted by molar-refractivity contribution is 9.10. The van der Waals surface area contributed by atoms with Crippen LogP contribution in [0.1, 0.15) is 0 Å². The Morgan fingerprint density at radius 2 is 1.83 bits per heavy atom. The van der Waals surface area contributed by atoms with E-state index >= 15 is 0 Å².